The average molecular weight is 505 g/mol. The minimum atomic E-state index is -3.49. The van der Waals surface area contributed by atoms with Crippen LogP contribution in [0.15, 0.2) is 78.9 Å². The largest absolute Gasteiger partial charge is 0.508 e. The summed E-state index contributed by atoms with van der Waals surface area (Å²) in [4.78, 5) is 0. The van der Waals surface area contributed by atoms with Gasteiger partial charge >= 0.3 is 0 Å². The van der Waals surface area contributed by atoms with Crippen molar-refractivity contribution in [3.8, 4) is 34.1 Å². The summed E-state index contributed by atoms with van der Waals surface area (Å²) in [7, 11) is -3.49. The molecule has 7 nitrogen and oxygen atoms in total. The van der Waals surface area contributed by atoms with E-state index in [2.05, 4.69) is 0 Å². The average Bonchev–Trinajstić information content (AvgIpc) is 2.86. The van der Waals surface area contributed by atoms with Gasteiger partial charge in [-0.05, 0) is 84.5 Å². The molecular formula is C28H28N2O5S. The van der Waals surface area contributed by atoms with Gasteiger partial charge in [-0.25, -0.2) is 17.8 Å². The molecule has 4 aromatic rings. The molecule has 4 aromatic carbocycles. The van der Waals surface area contributed by atoms with Crippen molar-refractivity contribution in [3.63, 3.8) is 0 Å². The third-order valence-electron chi connectivity index (χ3n) is 6.31. The number of hydrazine groups is 1. The second-order valence-corrected chi connectivity index (χ2v) is 10.8. The zero-order chi connectivity index (χ0) is 25.3. The summed E-state index contributed by atoms with van der Waals surface area (Å²) in [5, 5.41) is 23.2. The van der Waals surface area contributed by atoms with Crippen molar-refractivity contribution in [2.75, 3.05) is 23.8 Å². The van der Waals surface area contributed by atoms with Crippen molar-refractivity contribution in [2.24, 2.45) is 0 Å². The Morgan fingerprint density at radius 1 is 0.806 bits per heavy atom. The Morgan fingerprint density at radius 2 is 1.47 bits per heavy atom. The first-order valence-electron chi connectivity index (χ1n) is 11.9. The van der Waals surface area contributed by atoms with Crippen LogP contribution in [-0.2, 0) is 10.0 Å². The van der Waals surface area contributed by atoms with Crippen LogP contribution in [0.5, 0.6) is 23.0 Å². The Labute approximate surface area is 210 Å². The lowest BCUT2D eigenvalue weighted by Crippen LogP contribution is -2.48. The molecule has 0 spiro atoms. The summed E-state index contributed by atoms with van der Waals surface area (Å²) in [5.41, 5.74) is 2.25. The lowest BCUT2D eigenvalue weighted by Gasteiger charge is -2.37. The second-order valence-electron chi connectivity index (χ2n) is 9.01. The number of fused-ring (bicyclic) bond motifs is 1. The van der Waals surface area contributed by atoms with Gasteiger partial charge in [0.15, 0.2) is 0 Å². The lowest BCUT2D eigenvalue weighted by atomic mass is 9.99. The second kappa shape index (κ2) is 9.72. The van der Waals surface area contributed by atoms with E-state index in [4.69, 9.17) is 4.74 Å². The van der Waals surface area contributed by atoms with E-state index in [1.807, 2.05) is 29.3 Å². The highest BCUT2D eigenvalue weighted by atomic mass is 32.2. The zero-order valence-electron chi connectivity index (χ0n) is 20.0. The van der Waals surface area contributed by atoms with E-state index < -0.39 is 10.0 Å². The Balaban J connectivity index is 1.53. The van der Waals surface area contributed by atoms with E-state index in [0.717, 1.165) is 41.2 Å². The van der Waals surface area contributed by atoms with Crippen LogP contribution in [0.3, 0.4) is 0 Å². The third-order valence-corrected chi connectivity index (χ3v) is 7.38. The van der Waals surface area contributed by atoms with Gasteiger partial charge in [0.05, 0.1) is 11.9 Å². The number of phenolic OH excluding ortho intramolecular Hbond substituents is 2. The smallest absolute Gasteiger partial charge is 0.245 e. The molecule has 0 amide bonds. The maximum Gasteiger partial charge on any atom is 0.245 e. The van der Waals surface area contributed by atoms with Crippen LogP contribution in [0.4, 0.5) is 5.69 Å². The van der Waals surface area contributed by atoms with Crippen LogP contribution in [0.1, 0.15) is 19.3 Å². The van der Waals surface area contributed by atoms with Crippen LogP contribution >= 0.6 is 0 Å². The molecule has 0 unspecified atom stereocenters. The maximum atomic E-state index is 12.6. The predicted molar refractivity (Wildman–Crippen MR) is 142 cm³/mol. The number of nitrogens with zero attached hydrogens (tertiary/aromatic N) is 2. The summed E-state index contributed by atoms with van der Waals surface area (Å²) in [6, 6.07) is 22.8. The Kier molecular flexibility index (Phi) is 6.47. The standard InChI is InChI=1S/C28H28N2O5S/c1-36(33,34)30(29-17-3-2-4-18-29)22-8-13-25(14-9-22)35-28-26(20-5-10-23(31)11-6-20)15-7-21-19-24(32)12-16-27(21)28/h5-16,19,31-32H,2-4,17-18H2,1H3. The molecule has 2 N–H and O–H groups in total. The van der Waals surface area contributed by atoms with E-state index in [1.54, 1.807) is 54.6 Å². The molecule has 1 aliphatic rings. The third kappa shape index (κ3) is 4.96. The number of hydrogen-bond donors (Lipinski definition) is 2. The predicted octanol–water partition coefficient (Wildman–Crippen LogP) is 5.88. The molecule has 186 valence electrons. The summed E-state index contributed by atoms with van der Waals surface area (Å²) in [5.74, 6) is 1.48. The highest BCUT2D eigenvalue weighted by Crippen LogP contribution is 2.41. The first-order valence-corrected chi connectivity index (χ1v) is 13.7. The number of ether oxygens (including phenoxy) is 1. The van der Waals surface area contributed by atoms with Crippen molar-refractivity contribution < 1.29 is 23.4 Å². The zero-order valence-corrected chi connectivity index (χ0v) is 20.8. The van der Waals surface area contributed by atoms with Crippen molar-refractivity contribution in [2.45, 2.75) is 19.3 Å². The quantitative estimate of drug-likeness (QED) is 0.341. The Bertz CT molecular complexity index is 1480. The molecule has 5 rings (SSSR count). The van der Waals surface area contributed by atoms with Crippen LogP contribution in [0, 0.1) is 0 Å². The molecule has 1 fully saturated rings. The van der Waals surface area contributed by atoms with Gasteiger partial charge in [0.1, 0.15) is 23.0 Å². The Morgan fingerprint density at radius 3 is 2.14 bits per heavy atom. The van der Waals surface area contributed by atoms with E-state index in [9.17, 15) is 18.6 Å². The lowest BCUT2D eigenvalue weighted by molar-refractivity contribution is 0.241. The highest BCUT2D eigenvalue weighted by molar-refractivity contribution is 7.92. The minimum absolute atomic E-state index is 0.161. The van der Waals surface area contributed by atoms with Gasteiger partial charge in [-0.3, -0.25) is 0 Å². The van der Waals surface area contributed by atoms with Gasteiger partial charge in [0, 0.05) is 24.0 Å². The molecule has 0 aliphatic carbocycles. The molecule has 8 heteroatoms. The minimum Gasteiger partial charge on any atom is -0.508 e. The number of hydrogen-bond acceptors (Lipinski definition) is 6. The van der Waals surface area contributed by atoms with Crippen molar-refractivity contribution in [1.29, 1.82) is 0 Å². The molecular weight excluding hydrogens is 476 g/mol. The van der Waals surface area contributed by atoms with Crippen molar-refractivity contribution in [1.82, 2.24) is 5.01 Å². The Hall–Kier alpha value is -3.75. The fourth-order valence-electron chi connectivity index (χ4n) is 4.65. The molecule has 1 heterocycles. The van der Waals surface area contributed by atoms with Crippen LogP contribution in [0.25, 0.3) is 21.9 Å². The van der Waals surface area contributed by atoms with Gasteiger partial charge in [0.25, 0.3) is 0 Å². The van der Waals surface area contributed by atoms with E-state index in [1.165, 1.54) is 10.7 Å². The molecule has 0 aromatic heterocycles. The van der Waals surface area contributed by atoms with Gasteiger partial charge in [-0.2, -0.15) is 0 Å². The number of phenols is 2. The maximum absolute atomic E-state index is 12.6. The van der Waals surface area contributed by atoms with E-state index in [-0.39, 0.29) is 11.5 Å². The molecule has 1 aliphatic heterocycles. The van der Waals surface area contributed by atoms with Crippen molar-refractivity contribution in [3.05, 3.63) is 78.9 Å². The summed E-state index contributed by atoms with van der Waals surface area (Å²) in [6.45, 7) is 1.40. The fraction of sp³-hybridized carbons (Fsp3) is 0.214. The summed E-state index contributed by atoms with van der Waals surface area (Å²) >= 11 is 0. The fourth-order valence-corrected chi connectivity index (χ4v) is 5.74. The summed E-state index contributed by atoms with van der Waals surface area (Å²) in [6.07, 6.45) is 4.25. The first kappa shape index (κ1) is 24.0. The van der Waals surface area contributed by atoms with E-state index in [0.29, 0.717) is 30.3 Å². The summed E-state index contributed by atoms with van der Waals surface area (Å²) < 4.78 is 33.0. The monoisotopic (exact) mass is 504 g/mol. The number of piperidine rings is 1. The van der Waals surface area contributed by atoms with Crippen molar-refractivity contribution >= 4 is 26.5 Å². The molecule has 0 radical (unpaired) electrons. The number of rotatable bonds is 6. The molecule has 36 heavy (non-hydrogen) atoms. The van der Waals surface area contributed by atoms with Gasteiger partial charge in [-0.1, -0.05) is 24.6 Å². The topological polar surface area (TPSA) is 90.3 Å². The molecule has 1 saturated heterocycles. The first-order chi connectivity index (χ1) is 17.3. The number of aromatic hydroxyl groups is 2. The molecule has 0 bridgehead atoms. The van der Waals surface area contributed by atoms with Gasteiger partial charge < -0.3 is 14.9 Å². The molecule has 0 atom stereocenters. The normalized spacial score (nSPS) is 14.6. The van der Waals surface area contributed by atoms with Gasteiger partial charge in [0.2, 0.25) is 10.0 Å². The highest BCUT2D eigenvalue weighted by Gasteiger charge is 2.26. The SMILES string of the molecule is CS(=O)(=O)N(c1ccc(Oc2c(-c3ccc(O)cc3)ccc3cc(O)ccc23)cc1)N1CCCCC1. The number of sulfonamides is 1. The van der Waals surface area contributed by atoms with Gasteiger partial charge in [-0.15, -0.1) is 0 Å². The molecule has 0 saturated carbocycles. The van der Waals surface area contributed by atoms with E-state index >= 15 is 0 Å². The number of anilines is 1. The van der Waals surface area contributed by atoms with Crippen LogP contribution < -0.4 is 9.15 Å². The number of benzene rings is 4. The van der Waals surface area contributed by atoms with Crippen LogP contribution in [-0.4, -0.2) is 43.0 Å². The van der Waals surface area contributed by atoms with Crippen LogP contribution in [0.2, 0.25) is 0 Å².